The van der Waals surface area contributed by atoms with Crippen molar-refractivity contribution in [2.24, 2.45) is 5.92 Å². The fraction of sp³-hybridized carbons (Fsp3) is 0.333. The number of hydrogen-bond donors (Lipinski definition) is 1. The number of rotatable bonds is 4. The molecule has 6 heteroatoms. The Morgan fingerprint density at radius 3 is 2.71 bits per heavy atom. The van der Waals surface area contributed by atoms with Crippen LogP contribution in [0.2, 0.25) is 0 Å². The van der Waals surface area contributed by atoms with Crippen molar-refractivity contribution in [1.82, 2.24) is 14.7 Å². The van der Waals surface area contributed by atoms with Gasteiger partial charge < -0.3 is 5.11 Å². The summed E-state index contributed by atoms with van der Waals surface area (Å²) in [5.74, 6) is -0.923. The van der Waals surface area contributed by atoms with E-state index in [0.717, 1.165) is 24.3 Å². The van der Waals surface area contributed by atoms with Crippen molar-refractivity contribution in [1.29, 1.82) is 0 Å². The molecule has 1 fully saturated rings. The summed E-state index contributed by atoms with van der Waals surface area (Å²) in [6.07, 6.45) is 2.67. The molecule has 1 aromatic carbocycles. The number of aromatic nitrogens is 2. The quantitative estimate of drug-likeness (QED) is 0.941. The molecule has 21 heavy (non-hydrogen) atoms. The van der Waals surface area contributed by atoms with E-state index in [4.69, 9.17) is 5.11 Å². The number of halogens is 1. The average Bonchev–Trinajstić information content (AvgIpc) is 3.10. The molecule has 1 aliphatic heterocycles. The van der Waals surface area contributed by atoms with Gasteiger partial charge in [-0.25, -0.2) is 4.68 Å². The largest absolute Gasteiger partial charge is 0.481 e. The second-order valence-corrected chi connectivity index (χ2v) is 5.15. The van der Waals surface area contributed by atoms with Gasteiger partial charge in [-0.2, -0.15) is 5.10 Å². The topological polar surface area (TPSA) is 58.4 Å². The number of carboxylic acid groups (broad SMARTS) is 1. The van der Waals surface area contributed by atoms with Crippen LogP contribution in [-0.4, -0.2) is 38.8 Å². The van der Waals surface area contributed by atoms with Crippen molar-refractivity contribution in [2.45, 2.75) is 13.0 Å². The van der Waals surface area contributed by atoms with Crippen LogP contribution >= 0.6 is 12.4 Å². The molecule has 5 nitrogen and oxygen atoms in total. The van der Waals surface area contributed by atoms with E-state index in [2.05, 4.69) is 10.00 Å². The molecule has 1 N–H and O–H groups in total. The Hall–Kier alpha value is -1.85. The molecule has 0 amide bonds. The highest BCUT2D eigenvalue weighted by Crippen LogP contribution is 2.18. The van der Waals surface area contributed by atoms with E-state index in [9.17, 15) is 4.79 Å². The number of nitrogens with zero attached hydrogens (tertiary/aromatic N) is 3. The van der Waals surface area contributed by atoms with Gasteiger partial charge in [0.15, 0.2) is 0 Å². The van der Waals surface area contributed by atoms with E-state index in [1.807, 2.05) is 47.3 Å². The third-order valence-electron chi connectivity index (χ3n) is 3.67. The first-order valence-corrected chi connectivity index (χ1v) is 6.77. The van der Waals surface area contributed by atoms with Gasteiger partial charge in [0.2, 0.25) is 0 Å². The van der Waals surface area contributed by atoms with Crippen molar-refractivity contribution in [3.05, 3.63) is 48.3 Å². The maximum atomic E-state index is 10.9. The van der Waals surface area contributed by atoms with Gasteiger partial charge in [-0.05, 0) is 31.2 Å². The standard InChI is InChI=1S/C15H17N3O2.ClH/c19-15(20)12-6-8-17(10-12)11-13-7-9-18(16-13)14-4-2-1-3-5-14;/h1-5,7,9,12H,6,8,10-11H2,(H,19,20);1H. The minimum Gasteiger partial charge on any atom is -0.481 e. The van der Waals surface area contributed by atoms with Crippen molar-refractivity contribution in [2.75, 3.05) is 13.1 Å². The molecule has 0 radical (unpaired) electrons. The van der Waals surface area contributed by atoms with Gasteiger partial charge in [0.1, 0.15) is 0 Å². The normalized spacial score (nSPS) is 18.4. The van der Waals surface area contributed by atoms with Crippen LogP contribution in [0.25, 0.3) is 5.69 Å². The number of para-hydroxylation sites is 1. The zero-order chi connectivity index (χ0) is 13.9. The van der Waals surface area contributed by atoms with E-state index in [0.29, 0.717) is 13.1 Å². The minimum atomic E-state index is -0.692. The van der Waals surface area contributed by atoms with E-state index in [1.165, 1.54) is 0 Å². The summed E-state index contributed by atoms with van der Waals surface area (Å²) < 4.78 is 1.85. The number of carboxylic acids is 1. The van der Waals surface area contributed by atoms with Gasteiger partial charge >= 0.3 is 5.97 Å². The third-order valence-corrected chi connectivity index (χ3v) is 3.67. The molecule has 1 unspecified atom stereocenters. The third kappa shape index (κ3) is 3.62. The lowest BCUT2D eigenvalue weighted by molar-refractivity contribution is -0.141. The Kier molecular flexibility index (Phi) is 4.98. The van der Waals surface area contributed by atoms with E-state index < -0.39 is 5.97 Å². The van der Waals surface area contributed by atoms with Gasteiger partial charge in [0.05, 0.1) is 17.3 Å². The smallest absolute Gasteiger partial charge is 0.307 e. The molecule has 1 atom stereocenters. The summed E-state index contributed by atoms with van der Waals surface area (Å²) in [5, 5.41) is 13.5. The molecule has 2 aromatic rings. The molecule has 1 aromatic heterocycles. The minimum absolute atomic E-state index is 0. The first kappa shape index (κ1) is 15.5. The number of hydrogen-bond acceptors (Lipinski definition) is 3. The van der Waals surface area contributed by atoms with Crippen LogP contribution < -0.4 is 0 Å². The summed E-state index contributed by atoms with van der Waals surface area (Å²) in [5.41, 5.74) is 2.00. The molecule has 3 rings (SSSR count). The molecular formula is C15H18ClN3O2. The fourth-order valence-corrected chi connectivity index (χ4v) is 2.58. The van der Waals surface area contributed by atoms with E-state index >= 15 is 0 Å². The number of benzene rings is 1. The Balaban J connectivity index is 0.00000161. The van der Waals surface area contributed by atoms with Gasteiger partial charge in [-0.3, -0.25) is 9.69 Å². The first-order chi connectivity index (χ1) is 9.72. The molecule has 0 spiro atoms. The lowest BCUT2D eigenvalue weighted by Crippen LogP contribution is -2.23. The second-order valence-electron chi connectivity index (χ2n) is 5.15. The molecular weight excluding hydrogens is 290 g/mol. The van der Waals surface area contributed by atoms with E-state index in [-0.39, 0.29) is 18.3 Å². The Labute approximate surface area is 129 Å². The van der Waals surface area contributed by atoms with Gasteiger partial charge in [0, 0.05) is 19.3 Å². The average molecular weight is 308 g/mol. The fourth-order valence-electron chi connectivity index (χ4n) is 2.58. The summed E-state index contributed by atoms with van der Waals surface area (Å²) in [7, 11) is 0. The zero-order valence-corrected chi connectivity index (χ0v) is 12.4. The Bertz CT molecular complexity index is 600. The molecule has 0 aliphatic carbocycles. The molecule has 1 aliphatic rings. The summed E-state index contributed by atoms with van der Waals surface area (Å²) in [4.78, 5) is 13.1. The lowest BCUT2D eigenvalue weighted by atomic mass is 10.1. The number of likely N-dealkylation sites (tertiary alicyclic amines) is 1. The highest BCUT2D eigenvalue weighted by Gasteiger charge is 2.28. The van der Waals surface area contributed by atoms with Crippen LogP contribution in [0.4, 0.5) is 0 Å². The van der Waals surface area contributed by atoms with Crippen molar-refractivity contribution >= 4 is 18.4 Å². The predicted molar refractivity (Wildman–Crippen MR) is 81.8 cm³/mol. The number of aliphatic carboxylic acids is 1. The van der Waals surface area contributed by atoms with Crippen LogP contribution in [0.3, 0.4) is 0 Å². The molecule has 0 saturated carbocycles. The second kappa shape index (κ2) is 6.74. The molecule has 112 valence electrons. The van der Waals surface area contributed by atoms with Gasteiger partial charge in [0.25, 0.3) is 0 Å². The van der Waals surface area contributed by atoms with Gasteiger partial charge in [-0.15, -0.1) is 12.4 Å². The maximum Gasteiger partial charge on any atom is 0.307 e. The van der Waals surface area contributed by atoms with Gasteiger partial charge in [-0.1, -0.05) is 18.2 Å². The predicted octanol–water partition coefficient (Wildman–Crippen LogP) is 2.20. The molecule has 0 bridgehead atoms. The zero-order valence-electron chi connectivity index (χ0n) is 11.6. The van der Waals surface area contributed by atoms with Crippen LogP contribution in [-0.2, 0) is 11.3 Å². The van der Waals surface area contributed by atoms with Crippen molar-refractivity contribution in [3.63, 3.8) is 0 Å². The lowest BCUT2D eigenvalue weighted by Gasteiger charge is -2.12. The highest BCUT2D eigenvalue weighted by atomic mass is 35.5. The summed E-state index contributed by atoms with van der Waals surface area (Å²) >= 11 is 0. The molecule has 2 heterocycles. The molecule has 1 saturated heterocycles. The van der Waals surface area contributed by atoms with Crippen LogP contribution in [0, 0.1) is 5.92 Å². The van der Waals surface area contributed by atoms with Crippen LogP contribution in [0.1, 0.15) is 12.1 Å². The van der Waals surface area contributed by atoms with Crippen LogP contribution in [0.15, 0.2) is 42.6 Å². The Morgan fingerprint density at radius 2 is 2.05 bits per heavy atom. The summed E-state index contributed by atoms with van der Waals surface area (Å²) in [6, 6.07) is 11.9. The van der Waals surface area contributed by atoms with Crippen molar-refractivity contribution < 1.29 is 9.90 Å². The monoisotopic (exact) mass is 307 g/mol. The SMILES string of the molecule is Cl.O=C(O)C1CCN(Cc2ccn(-c3ccccc3)n2)C1. The maximum absolute atomic E-state index is 10.9. The summed E-state index contributed by atoms with van der Waals surface area (Å²) in [6.45, 7) is 2.16. The number of carbonyl (C=O) groups is 1. The van der Waals surface area contributed by atoms with E-state index in [1.54, 1.807) is 0 Å². The Morgan fingerprint density at radius 1 is 1.29 bits per heavy atom. The van der Waals surface area contributed by atoms with Crippen molar-refractivity contribution in [3.8, 4) is 5.69 Å². The first-order valence-electron chi connectivity index (χ1n) is 6.77. The van der Waals surface area contributed by atoms with Crippen LogP contribution in [0.5, 0.6) is 0 Å². The highest BCUT2D eigenvalue weighted by molar-refractivity contribution is 5.85.